The van der Waals surface area contributed by atoms with Gasteiger partial charge in [-0.15, -0.1) is 0 Å². The molecule has 0 saturated carbocycles. The van der Waals surface area contributed by atoms with E-state index in [0.717, 1.165) is 41.1 Å². The van der Waals surface area contributed by atoms with E-state index in [1.165, 1.54) is 12.8 Å². The van der Waals surface area contributed by atoms with E-state index in [0.29, 0.717) is 12.5 Å². The molecule has 1 aromatic heterocycles. The summed E-state index contributed by atoms with van der Waals surface area (Å²) in [6.07, 6.45) is 2.54. The van der Waals surface area contributed by atoms with Gasteiger partial charge in [-0.25, -0.2) is 4.98 Å². The number of nitrogens with zero attached hydrogens (tertiary/aromatic N) is 3. The van der Waals surface area contributed by atoms with E-state index in [9.17, 15) is 0 Å². The molecule has 1 saturated heterocycles. The zero-order chi connectivity index (χ0) is 16.2. The standard InChI is InChI=1S/C18H23ClN4/c1-13-4-3-9-23(12-13)17-10-14(2)21-18(22-17)20-11-15-5-7-16(19)8-6-15/h5-8,10,13H,3-4,9,11-12H2,1-2H3,(H,20,21,22). The first-order chi connectivity index (χ1) is 11.1. The Kier molecular flexibility index (Phi) is 5.01. The van der Waals surface area contributed by atoms with Crippen LogP contribution < -0.4 is 10.2 Å². The summed E-state index contributed by atoms with van der Waals surface area (Å²) >= 11 is 5.92. The molecule has 1 fully saturated rings. The van der Waals surface area contributed by atoms with Crippen LogP contribution in [0.2, 0.25) is 5.02 Å². The summed E-state index contributed by atoms with van der Waals surface area (Å²) in [7, 11) is 0. The van der Waals surface area contributed by atoms with E-state index < -0.39 is 0 Å². The number of piperidine rings is 1. The molecule has 3 rings (SSSR count). The first-order valence-electron chi connectivity index (χ1n) is 8.19. The van der Waals surface area contributed by atoms with Gasteiger partial charge in [-0.3, -0.25) is 0 Å². The summed E-state index contributed by atoms with van der Waals surface area (Å²) in [6.45, 7) is 7.17. The molecule has 1 unspecified atom stereocenters. The Morgan fingerprint density at radius 3 is 2.78 bits per heavy atom. The van der Waals surface area contributed by atoms with Gasteiger partial charge in [0.15, 0.2) is 0 Å². The van der Waals surface area contributed by atoms with Gasteiger partial charge in [-0.2, -0.15) is 4.98 Å². The molecule has 0 aliphatic carbocycles. The van der Waals surface area contributed by atoms with Crippen molar-refractivity contribution in [3.05, 3.63) is 46.6 Å². The van der Waals surface area contributed by atoms with Crippen LogP contribution in [0.4, 0.5) is 11.8 Å². The van der Waals surface area contributed by atoms with Gasteiger partial charge in [0.2, 0.25) is 5.95 Å². The Labute approximate surface area is 142 Å². The maximum absolute atomic E-state index is 5.92. The van der Waals surface area contributed by atoms with Gasteiger partial charge >= 0.3 is 0 Å². The number of nitrogens with one attached hydrogen (secondary N) is 1. The lowest BCUT2D eigenvalue weighted by atomic mass is 10.0. The normalized spacial score (nSPS) is 18.0. The number of anilines is 2. The van der Waals surface area contributed by atoms with Crippen LogP contribution in [0.3, 0.4) is 0 Å². The molecule has 1 aliphatic rings. The first kappa shape index (κ1) is 16.1. The Morgan fingerprint density at radius 1 is 1.26 bits per heavy atom. The van der Waals surface area contributed by atoms with E-state index in [-0.39, 0.29) is 0 Å². The second kappa shape index (κ2) is 7.18. The minimum absolute atomic E-state index is 0.688. The molecule has 1 N–H and O–H groups in total. The van der Waals surface area contributed by atoms with E-state index in [4.69, 9.17) is 16.6 Å². The lowest BCUT2D eigenvalue weighted by Crippen LogP contribution is -2.35. The van der Waals surface area contributed by atoms with Crippen molar-refractivity contribution >= 4 is 23.4 Å². The van der Waals surface area contributed by atoms with Crippen LogP contribution in [-0.4, -0.2) is 23.1 Å². The number of hydrogen-bond acceptors (Lipinski definition) is 4. The maximum Gasteiger partial charge on any atom is 0.225 e. The van der Waals surface area contributed by atoms with Crippen molar-refractivity contribution in [3.8, 4) is 0 Å². The SMILES string of the molecule is Cc1cc(N2CCCC(C)C2)nc(NCc2ccc(Cl)cc2)n1. The fourth-order valence-corrected chi connectivity index (χ4v) is 3.10. The molecule has 2 aromatic rings. The highest BCUT2D eigenvalue weighted by Gasteiger charge is 2.18. The minimum Gasteiger partial charge on any atom is -0.356 e. The topological polar surface area (TPSA) is 41.1 Å². The van der Waals surface area contributed by atoms with Crippen LogP contribution in [0, 0.1) is 12.8 Å². The smallest absolute Gasteiger partial charge is 0.225 e. The van der Waals surface area contributed by atoms with Crippen LogP contribution in [0.15, 0.2) is 30.3 Å². The van der Waals surface area contributed by atoms with Gasteiger partial charge in [0.25, 0.3) is 0 Å². The summed E-state index contributed by atoms with van der Waals surface area (Å²) in [5, 5.41) is 4.07. The Bertz CT molecular complexity index is 657. The third-order valence-electron chi connectivity index (χ3n) is 4.19. The fourth-order valence-electron chi connectivity index (χ4n) is 2.97. The Balaban J connectivity index is 1.71. The number of halogens is 1. The van der Waals surface area contributed by atoms with Crippen molar-refractivity contribution in [1.29, 1.82) is 0 Å². The quantitative estimate of drug-likeness (QED) is 0.908. The molecule has 5 heteroatoms. The van der Waals surface area contributed by atoms with Crippen molar-refractivity contribution in [2.45, 2.75) is 33.2 Å². The van der Waals surface area contributed by atoms with Crippen molar-refractivity contribution in [2.75, 3.05) is 23.3 Å². The molecule has 1 atom stereocenters. The van der Waals surface area contributed by atoms with Crippen molar-refractivity contribution in [2.24, 2.45) is 5.92 Å². The summed E-state index contributed by atoms with van der Waals surface area (Å²) in [6, 6.07) is 9.90. The van der Waals surface area contributed by atoms with Gasteiger partial charge in [0.05, 0.1) is 0 Å². The summed E-state index contributed by atoms with van der Waals surface area (Å²) in [4.78, 5) is 11.6. The van der Waals surface area contributed by atoms with Crippen molar-refractivity contribution in [3.63, 3.8) is 0 Å². The zero-order valence-corrected chi connectivity index (χ0v) is 14.5. The third kappa shape index (κ3) is 4.35. The largest absolute Gasteiger partial charge is 0.356 e. The average molecular weight is 331 g/mol. The molecule has 4 nitrogen and oxygen atoms in total. The summed E-state index contributed by atoms with van der Waals surface area (Å²) < 4.78 is 0. The molecule has 0 spiro atoms. The predicted molar refractivity (Wildman–Crippen MR) is 96.2 cm³/mol. The highest BCUT2D eigenvalue weighted by Crippen LogP contribution is 2.22. The first-order valence-corrected chi connectivity index (χ1v) is 8.57. The molecule has 0 bridgehead atoms. The van der Waals surface area contributed by atoms with E-state index in [2.05, 4.69) is 28.2 Å². The number of rotatable bonds is 4. The van der Waals surface area contributed by atoms with Crippen LogP contribution in [0.1, 0.15) is 31.0 Å². The molecule has 1 aliphatic heterocycles. The van der Waals surface area contributed by atoms with Gasteiger partial charge in [0, 0.05) is 36.4 Å². The summed E-state index contributed by atoms with van der Waals surface area (Å²) in [5.41, 5.74) is 2.15. The van der Waals surface area contributed by atoms with Gasteiger partial charge in [0.1, 0.15) is 5.82 Å². The molecule has 122 valence electrons. The Morgan fingerprint density at radius 2 is 2.04 bits per heavy atom. The number of benzene rings is 1. The van der Waals surface area contributed by atoms with Gasteiger partial charge < -0.3 is 10.2 Å². The molecule has 2 heterocycles. The fraction of sp³-hybridized carbons (Fsp3) is 0.444. The molecule has 23 heavy (non-hydrogen) atoms. The predicted octanol–water partition coefficient (Wildman–Crippen LogP) is 4.29. The van der Waals surface area contributed by atoms with E-state index >= 15 is 0 Å². The monoisotopic (exact) mass is 330 g/mol. The zero-order valence-electron chi connectivity index (χ0n) is 13.7. The summed E-state index contributed by atoms with van der Waals surface area (Å²) in [5.74, 6) is 2.44. The van der Waals surface area contributed by atoms with Crippen LogP contribution in [-0.2, 0) is 6.54 Å². The van der Waals surface area contributed by atoms with Gasteiger partial charge in [-0.05, 0) is 43.4 Å². The second-order valence-electron chi connectivity index (χ2n) is 6.36. The van der Waals surface area contributed by atoms with Crippen molar-refractivity contribution in [1.82, 2.24) is 9.97 Å². The second-order valence-corrected chi connectivity index (χ2v) is 6.80. The van der Waals surface area contributed by atoms with E-state index in [1.807, 2.05) is 31.2 Å². The van der Waals surface area contributed by atoms with Crippen LogP contribution in [0.25, 0.3) is 0 Å². The number of aryl methyl sites for hydroxylation is 1. The number of hydrogen-bond donors (Lipinski definition) is 1. The van der Waals surface area contributed by atoms with E-state index in [1.54, 1.807) is 0 Å². The molecule has 0 radical (unpaired) electrons. The lowest BCUT2D eigenvalue weighted by Gasteiger charge is -2.32. The third-order valence-corrected chi connectivity index (χ3v) is 4.44. The molecular weight excluding hydrogens is 308 g/mol. The maximum atomic E-state index is 5.92. The lowest BCUT2D eigenvalue weighted by molar-refractivity contribution is 0.444. The van der Waals surface area contributed by atoms with Crippen molar-refractivity contribution < 1.29 is 0 Å². The molecule has 0 amide bonds. The average Bonchev–Trinajstić information content (AvgIpc) is 2.54. The highest BCUT2D eigenvalue weighted by atomic mass is 35.5. The van der Waals surface area contributed by atoms with Crippen LogP contribution >= 0.6 is 11.6 Å². The molecular formula is C18H23ClN4. The number of aromatic nitrogens is 2. The molecule has 1 aromatic carbocycles. The van der Waals surface area contributed by atoms with Crippen LogP contribution in [0.5, 0.6) is 0 Å². The Hall–Kier alpha value is -1.81. The van der Waals surface area contributed by atoms with Gasteiger partial charge in [-0.1, -0.05) is 30.7 Å². The highest BCUT2D eigenvalue weighted by molar-refractivity contribution is 6.30. The minimum atomic E-state index is 0.688.